The standard InChI is InChI=1S/C16H14N4/c17-14-6-8-15(9-7-14)20-16-18-10-13(11-19-16)12-4-2-1-3-5-12/h1-11H,17H2,(H,18,19,20). The van der Waals surface area contributed by atoms with Crippen LogP contribution in [0.1, 0.15) is 0 Å². The molecule has 0 aliphatic carbocycles. The highest BCUT2D eigenvalue weighted by Crippen LogP contribution is 2.19. The summed E-state index contributed by atoms with van der Waals surface area (Å²) in [6.07, 6.45) is 3.62. The van der Waals surface area contributed by atoms with Gasteiger partial charge in [-0.25, -0.2) is 9.97 Å². The fourth-order valence-corrected chi connectivity index (χ4v) is 1.87. The molecule has 0 saturated heterocycles. The molecular formula is C16H14N4. The third kappa shape index (κ3) is 2.75. The van der Waals surface area contributed by atoms with E-state index in [1.807, 2.05) is 67.0 Å². The van der Waals surface area contributed by atoms with E-state index in [0.717, 1.165) is 22.5 Å². The normalized spacial score (nSPS) is 10.2. The van der Waals surface area contributed by atoms with Gasteiger partial charge >= 0.3 is 0 Å². The monoisotopic (exact) mass is 262 g/mol. The number of nitrogens with one attached hydrogen (secondary N) is 1. The Hall–Kier alpha value is -2.88. The number of rotatable bonds is 3. The minimum Gasteiger partial charge on any atom is -0.399 e. The third-order valence-corrected chi connectivity index (χ3v) is 2.93. The zero-order chi connectivity index (χ0) is 13.8. The second kappa shape index (κ2) is 5.40. The predicted octanol–water partition coefficient (Wildman–Crippen LogP) is 3.47. The van der Waals surface area contributed by atoms with E-state index in [0.29, 0.717) is 5.95 Å². The van der Waals surface area contributed by atoms with Crippen molar-refractivity contribution in [2.75, 3.05) is 11.1 Å². The molecule has 0 unspecified atom stereocenters. The first kappa shape index (κ1) is 12.2. The van der Waals surface area contributed by atoms with E-state index in [4.69, 9.17) is 5.73 Å². The number of nitrogens with two attached hydrogens (primary N) is 1. The Balaban J connectivity index is 1.78. The van der Waals surface area contributed by atoms with Gasteiger partial charge in [0.25, 0.3) is 0 Å². The zero-order valence-electron chi connectivity index (χ0n) is 10.8. The maximum Gasteiger partial charge on any atom is 0.227 e. The molecule has 1 aromatic heterocycles. The minimum atomic E-state index is 0.564. The Kier molecular flexibility index (Phi) is 3.29. The topological polar surface area (TPSA) is 63.8 Å². The second-order valence-corrected chi connectivity index (χ2v) is 4.41. The molecule has 4 heteroatoms. The number of benzene rings is 2. The smallest absolute Gasteiger partial charge is 0.227 e. The molecule has 98 valence electrons. The molecule has 0 radical (unpaired) electrons. The molecule has 0 amide bonds. The quantitative estimate of drug-likeness (QED) is 0.709. The van der Waals surface area contributed by atoms with Crippen molar-refractivity contribution in [3.63, 3.8) is 0 Å². The Morgan fingerprint density at radius 3 is 2.05 bits per heavy atom. The molecule has 0 spiro atoms. The molecule has 3 rings (SSSR count). The van der Waals surface area contributed by atoms with Crippen LogP contribution in [0, 0.1) is 0 Å². The van der Waals surface area contributed by atoms with Gasteiger partial charge in [0.05, 0.1) is 0 Å². The van der Waals surface area contributed by atoms with Crippen molar-refractivity contribution < 1.29 is 0 Å². The summed E-state index contributed by atoms with van der Waals surface area (Å²) in [4.78, 5) is 8.64. The molecule has 0 aliphatic rings. The van der Waals surface area contributed by atoms with Gasteiger partial charge in [-0.1, -0.05) is 30.3 Å². The zero-order valence-corrected chi connectivity index (χ0v) is 10.8. The van der Waals surface area contributed by atoms with Crippen LogP contribution in [0.15, 0.2) is 67.0 Å². The van der Waals surface area contributed by atoms with Crippen molar-refractivity contribution in [3.05, 3.63) is 67.0 Å². The fraction of sp³-hybridized carbons (Fsp3) is 0. The van der Waals surface area contributed by atoms with E-state index in [1.54, 1.807) is 0 Å². The van der Waals surface area contributed by atoms with Gasteiger partial charge in [-0.05, 0) is 29.8 Å². The van der Waals surface area contributed by atoms with Crippen LogP contribution in [0.2, 0.25) is 0 Å². The fourth-order valence-electron chi connectivity index (χ4n) is 1.87. The molecule has 3 N–H and O–H groups in total. The number of hydrogen-bond acceptors (Lipinski definition) is 4. The SMILES string of the molecule is Nc1ccc(Nc2ncc(-c3ccccc3)cn2)cc1. The summed E-state index contributed by atoms with van der Waals surface area (Å²) < 4.78 is 0. The number of hydrogen-bond donors (Lipinski definition) is 2. The summed E-state index contributed by atoms with van der Waals surface area (Å²) in [6, 6.07) is 17.5. The molecule has 1 heterocycles. The first-order chi connectivity index (χ1) is 9.81. The van der Waals surface area contributed by atoms with Crippen LogP contribution in [0.5, 0.6) is 0 Å². The summed E-state index contributed by atoms with van der Waals surface area (Å²) in [5.41, 5.74) is 9.38. The predicted molar refractivity (Wildman–Crippen MR) is 81.6 cm³/mol. The van der Waals surface area contributed by atoms with Gasteiger partial charge in [0.2, 0.25) is 5.95 Å². The molecule has 0 aliphatic heterocycles. The summed E-state index contributed by atoms with van der Waals surface area (Å²) in [7, 11) is 0. The maximum absolute atomic E-state index is 5.65. The molecule has 0 fully saturated rings. The molecular weight excluding hydrogens is 248 g/mol. The van der Waals surface area contributed by atoms with Gasteiger partial charge in [0, 0.05) is 29.3 Å². The van der Waals surface area contributed by atoms with E-state index in [9.17, 15) is 0 Å². The van der Waals surface area contributed by atoms with Crippen molar-refractivity contribution in [1.29, 1.82) is 0 Å². The van der Waals surface area contributed by atoms with Crippen molar-refractivity contribution in [3.8, 4) is 11.1 Å². The second-order valence-electron chi connectivity index (χ2n) is 4.41. The molecule has 3 aromatic rings. The Bertz CT molecular complexity index is 676. The summed E-state index contributed by atoms with van der Waals surface area (Å²) in [5, 5.41) is 3.13. The largest absolute Gasteiger partial charge is 0.399 e. The number of aromatic nitrogens is 2. The van der Waals surface area contributed by atoms with E-state index in [-0.39, 0.29) is 0 Å². The van der Waals surface area contributed by atoms with Crippen LogP contribution in [-0.2, 0) is 0 Å². The van der Waals surface area contributed by atoms with Gasteiger partial charge in [0.1, 0.15) is 0 Å². The summed E-state index contributed by atoms with van der Waals surface area (Å²) in [5.74, 6) is 0.564. The maximum atomic E-state index is 5.65. The molecule has 0 saturated carbocycles. The van der Waals surface area contributed by atoms with Gasteiger partial charge in [-0.2, -0.15) is 0 Å². The Labute approximate surface area is 117 Å². The first-order valence-corrected chi connectivity index (χ1v) is 6.31. The molecule has 20 heavy (non-hydrogen) atoms. The van der Waals surface area contributed by atoms with Crippen molar-refractivity contribution >= 4 is 17.3 Å². The number of nitrogen functional groups attached to an aromatic ring is 1. The van der Waals surface area contributed by atoms with Crippen molar-refractivity contribution in [2.45, 2.75) is 0 Å². The Morgan fingerprint density at radius 2 is 1.40 bits per heavy atom. The minimum absolute atomic E-state index is 0.564. The molecule has 0 atom stereocenters. The first-order valence-electron chi connectivity index (χ1n) is 6.31. The highest BCUT2D eigenvalue weighted by Gasteiger charge is 2.00. The van der Waals surface area contributed by atoms with Crippen LogP contribution in [-0.4, -0.2) is 9.97 Å². The van der Waals surface area contributed by atoms with Crippen LogP contribution in [0.3, 0.4) is 0 Å². The number of anilines is 3. The highest BCUT2D eigenvalue weighted by atomic mass is 15.1. The Morgan fingerprint density at radius 1 is 0.750 bits per heavy atom. The molecule has 2 aromatic carbocycles. The average molecular weight is 262 g/mol. The summed E-state index contributed by atoms with van der Waals surface area (Å²) in [6.45, 7) is 0. The third-order valence-electron chi connectivity index (χ3n) is 2.93. The lowest BCUT2D eigenvalue weighted by molar-refractivity contribution is 1.17. The lowest BCUT2D eigenvalue weighted by atomic mass is 10.1. The van der Waals surface area contributed by atoms with Gasteiger partial charge in [-0.15, -0.1) is 0 Å². The van der Waals surface area contributed by atoms with Crippen molar-refractivity contribution in [1.82, 2.24) is 9.97 Å². The number of nitrogens with zero attached hydrogens (tertiary/aromatic N) is 2. The summed E-state index contributed by atoms with van der Waals surface area (Å²) >= 11 is 0. The van der Waals surface area contributed by atoms with Crippen LogP contribution < -0.4 is 11.1 Å². The average Bonchev–Trinajstić information content (AvgIpc) is 2.51. The lowest BCUT2D eigenvalue weighted by Crippen LogP contribution is -1.97. The highest BCUT2D eigenvalue weighted by molar-refractivity contribution is 5.63. The molecule has 0 bridgehead atoms. The van der Waals surface area contributed by atoms with Crippen molar-refractivity contribution in [2.24, 2.45) is 0 Å². The van der Waals surface area contributed by atoms with E-state index in [2.05, 4.69) is 15.3 Å². The van der Waals surface area contributed by atoms with Crippen LogP contribution in [0.25, 0.3) is 11.1 Å². The molecule has 4 nitrogen and oxygen atoms in total. The van der Waals surface area contributed by atoms with Crippen LogP contribution >= 0.6 is 0 Å². The lowest BCUT2D eigenvalue weighted by Gasteiger charge is -2.06. The van der Waals surface area contributed by atoms with E-state index < -0.39 is 0 Å². The van der Waals surface area contributed by atoms with Crippen LogP contribution in [0.4, 0.5) is 17.3 Å². The van der Waals surface area contributed by atoms with Gasteiger partial charge in [0.15, 0.2) is 0 Å². The van der Waals surface area contributed by atoms with E-state index >= 15 is 0 Å². The van der Waals surface area contributed by atoms with E-state index in [1.165, 1.54) is 0 Å². The van der Waals surface area contributed by atoms with Gasteiger partial charge in [-0.3, -0.25) is 0 Å². The van der Waals surface area contributed by atoms with Gasteiger partial charge < -0.3 is 11.1 Å².